The lowest BCUT2D eigenvalue weighted by Gasteiger charge is -2.21. The fourth-order valence-electron chi connectivity index (χ4n) is 5.29. The molecule has 0 radical (unpaired) electrons. The van der Waals surface area contributed by atoms with Crippen molar-refractivity contribution in [2.24, 2.45) is 5.92 Å². The maximum atomic E-state index is 13.3. The third-order valence-electron chi connectivity index (χ3n) is 7.40. The van der Waals surface area contributed by atoms with Crippen LogP contribution in [-0.2, 0) is 34.0 Å². The number of hydrogen-bond donors (Lipinski definition) is 5. The van der Waals surface area contributed by atoms with Gasteiger partial charge < -0.3 is 34.3 Å². The SMILES string of the molecule is O=C1OCc2c(cc3n(c2=O)Cc2c-3nc3cc4c(cc3c2CNC(=O)C(O)C2CC2)OC(O)(O)O4)C1O. The number of nitrogens with zero attached hydrogens (tertiary/aromatic N) is 2. The van der Waals surface area contributed by atoms with Crippen LogP contribution in [-0.4, -0.2) is 54.1 Å². The number of nitrogens with one attached hydrogen (secondary N) is 1. The third kappa shape index (κ3) is 3.40. The monoisotopic (exact) mass is 523 g/mol. The Hall–Kier alpha value is -4.04. The van der Waals surface area contributed by atoms with Crippen LogP contribution in [0.15, 0.2) is 23.0 Å². The standard InChI is InChI=1S/C25H21N3O10/c29-20(9-1-2-9)22(31)26-6-12-10-4-17-18(38-25(34,35)37-17)5-15(10)27-19-13(12)7-28-16(19)3-11-14(23(28)32)8-36-24(33)21(11)30/h3-5,9,20-21,29-30,34-35H,1-2,6-8H2,(H,26,31). The molecule has 196 valence electrons. The van der Waals surface area contributed by atoms with Crippen molar-refractivity contribution in [3.8, 4) is 22.9 Å². The van der Waals surface area contributed by atoms with Gasteiger partial charge >= 0.3 is 12.1 Å². The zero-order valence-corrected chi connectivity index (χ0v) is 19.6. The first-order valence-electron chi connectivity index (χ1n) is 12.0. The van der Waals surface area contributed by atoms with Crippen LogP contribution in [0, 0.1) is 5.92 Å². The van der Waals surface area contributed by atoms with Crippen LogP contribution in [0.1, 0.15) is 41.2 Å². The number of cyclic esters (lactones) is 1. The summed E-state index contributed by atoms with van der Waals surface area (Å²) in [6.45, 7) is -0.207. The number of pyridine rings is 2. The van der Waals surface area contributed by atoms with Gasteiger partial charge in [-0.25, -0.2) is 9.78 Å². The van der Waals surface area contributed by atoms with E-state index in [0.717, 1.165) is 12.8 Å². The molecule has 0 bridgehead atoms. The van der Waals surface area contributed by atoms with Crippen molar-refractivity contribution >= 4 is 22.8 Å². The molecular weight excluding hydrogens is 502 g/mol. The van der Waals surface area contributed by atoms with Crippen LogP contribution in [0.2, 0.25) is 0 Å². The van der Waals surface area contributed by atoms with E-state index in [1.165, 1.54) is 22.8 Å². The molecule has 2 aromatic heterocycles. The average molecular weight is 523 g/mol. The number of hydrogen-bond acceptors (Lipinski definition) is 11. The summed E-state index contributed by atoms with van der Waals surface area (Å²) in [5.41, 5.74) is 2.12. The number of aliphatic hydroxyl groups is 4. The summed E-state index contributed by atoms with van der Waals surface area (Å²) < 4.78 is 16.5. The molecule has 4 aliphatic rings. The Bertz CT molecular complexity index is 1640. The molecule has 7 rings (SSSR count). The fourth-order valence-corrected chi connectivity index (χ4v) is 5.29. The van der Waals surface area contributed by atoms with Gasteiger partial charge in [0.15, 0.2) is 17.6 Å². The Morgan fingerprint density at radius 2 is 1.89 bits per heavy atom. The normalized spacial score (nSPS) is 20.9. The molecular formula is C25H21N3O10. The van der Waals surface area contributed by atoms with Crippen molar-refractivity contribution in [3.63, 3.8) is 0 Å². The van der Waals surface area contributed by atoms with Crippen LogP contribution in [0.25, 0.3) is 22.3 Å². The van der Waals surface area contributed by atoms with Gasteiger partial charge in [0.2, 0.25) is 5.91 Å². The molecule has 38 heavy (non-hydrogen) atoms. The number of amides is 1. The van der Waals surface area contributed by atoms with E-state index in [1.54, 1.807) is 0 Å². The van der Waals surface area contributed by atoms with Crippen molar-refractivity contribution in [1.29, 1.82) is 0 Å². The average Bonchev–Trinajstić information content (AvgIpc) is 3.59. The largest absolute Gasteiger partial charge is 0.505 e. The minimum atomic E-state index is -2.85. The number of ether oxygens (including phenoxy) is 3. The Morgan fingerprint density at radius 3 is 2.63 bits per heavy atom. The zero-order chi connectivity index (χ0) is 26.5. The summed E-state index contributed by atoms with van der Waals surface area (Å²) in [6.07, 6.45) is -4.05. The van der Waals surface area contributed by atoms with Crippen LogP contribution in [0.4, 0.5) is 0 Å². The van der Waals surface area contributed by atoms with Crippen molar-refractivity contribution < 1.29 is 44.2 Å². The Morgan fingerprint density at radius 1 is 1.16 bits per heavy atom. The number of esters is 1. The van der Waals surface area contributed by atoms with Crippen molar-refractivity contribution in [2.75, 3.05) is 0 Å². The molecule has 3 aromatic rings. The molecule has 2 unspecified atom stereocenters. The highest BCUT2D eigenvalue weighted by atomic mass is 17.0. The topological polar surface area (TPSA) is 190 Å². The van der Waals surface area contributed by atoms with Crippen LogP contribution in [0.5, 0.6) is 11.5 Å². The lowest BCUT2D eigenvalue weighted by Crippen LogP contribution is -2.37. The summed E-state index contributed by atoms with van der Waals surface area (Å²) in [6, 6.07) is 4.47. The molecule has 5 N–H and O–H groups in total. The first-order valence-corrected chi connectivity index (χ1v) is 12.0. The number of aliphatic hydroxyl groups excluding tert-OH is 2. The summed E-state index contributed by atoms with van der Waals surface area (Å²) >= 11 is 0. The van der Waals surface area contributed by atoms with Gasteiger partial charge in [-0.05, 0) is 36.5 Å². The van der Waals surface area contributed by atoms with E-state index < -0.39 is 35.8 Å². The lowest BCUT2D eigenvalue weighted by molar-refractivity contribution is -0.385. The van der Waals surface area contributed by atoms with Gasteiger partial charge in [0.05, 0.1) is 29.0 Å². The molecule has 1 saturated carbocycles. The minimum Gasteiger partial charge on any atom is -0.458 e. The smallest absolute Gasteiger partial charge is 0.458 e. The second-order valence-corrected chi connectivity index (χ2v) is 9.85. The second-order valence-electron chi connectivity index (χ2n) is 9.85. The first-order chi connectivity index (χ1) is 18.1. The maximum absolute atomic E-state index is 13.3. The number of carbonyl (C=O) groups excluding carboxylic acids is 2. The number of benzene rings is 1. The quantitative estimate of drug-likeness (QED) is 0.167. The minimum absolute atomic E-state index is 0.0214. The zero-order valence-electron chi connectivity index (χ0n) is 19.6. The predicted molar refractivity (Wildman–Crippen MR) is 124 cm³/mol. The Balaban J connectivity index is 1.39. The molecule has 3 aliphatic heterocycles. The second kappa shape index (κ2) is 7.74. The van der Waals surface area contributed by atoms with Crippen molar-refractivity contribution in [2.45, 2.75) is 50.9 Å². The third-order valence-corrected chi connectivity index (χ3v) is 7.40. The van der Waals surface area contributed by atoms with E-state index in [9.17, 15) is 34.8 Å². The highest BCUT2D eigenvalue weighted by Crippen LogP contribution is 2.44. The van der Waals surface area contributed by atoms with Gasteiger partial charge in [-0.3, -0.25) is 19.8 Å². The van der Waals surface area contributed by atoms with Crippen LogP contribution >= 0.6 is 0 Å². The molecule has 1 aliphatic carbocycles. The fraction of sp³-hybridized carbons (Fsp3) is 0.360. The summed E-state index contributed by atoms with van der Waals surface area (Å²) in [5, 5.41) is 43.4. The van der Waals surface area contributed by atoms with Gasteiger partial charge in [0.1, 0.15) is 12.7 Å². The molecule has 1 fully saturated rings. The number of carbonyl (C=O) groups is 2. The molecule has 1 amide bonds. The first kappa shape index (κ1) is 23.1. The van der Waals surface area contributed by atoms with Crippen LogP contribution in [0.3, 0.4) is 0 Å². The van der Waals surface area contributed by atoms with Gasteiger partial charge in [0, 0.05) is 29.1 Å². The van der Waals surface area contributed by atoms with Gasteiger partial charge in [-0.1, -0.05) is 0 Å². The van der Waals surface area contributed by atoms with Gasteiger partial charge in [-0.2, -0.15) is 0 Å². The van der Waals surface area contributed by atoms with E-state index in [1.807, 2.05) is 0 Å². The molecule has 5 heterocycles. The van der Waals surface area contributed by atoms with E-state index >= 15 is 0 Å². The van der Waals surface area contributed by atoms with E-state index in [2.05, 4.69) is 5.32 Å². The van der Waals surface area contributed by atoms with Gasteiger partial charge in [-0.15, -0.1) is 0 Å². The molecule has 1 aromatic carbocycles. The van der Waals surface area contributed by atoms with Crippen molar-refractivity contribution in [1.82, 2.24) is 14.9 Å². The summed E-state index contributed by atoms with van der Waals surface area (Å²) in [7, 11) is 0. The number of rotatable bonds is 4. The molecule has 13 nitrogen and oxygen atoms in total. The highest BCUT2D eigenvalue weighted by molar-refractivity contribution is 5.91. The van der Waals surface area contributed by atoms with E-state index in [-0.39, 0.29) is 48.2 Å². The molecule has 2 atom stereocenters. The highest BCUT2D eigenvalue weighted by Gasteiger charge is 2.40. The maximum Gasteiger partial charge on any atom is 0.505 e. The summed E-state index contributed by atoms with van der Waals surface area (Å²) in [4.78, 5) is 42.6. The molecule has 13 heteroatoms. The number of aromatic nitrogens is 2. The molecule has 0 spiro atoms. The summed E-state index contributed by atoms with van der Waals surface area (Å²) in [5.74, 6) is -1.40. The lowest BCUT2D eigenvalue weighted by atomic mass is 9.98. The van der Waals surface area contributed by atoms with E-state index in [0.29, 0.717) is 33.4 Å². The number of fused-ring (bicyclic) bond motifs is 6. The van der Waals surface area contributed by atoms with Crippen molar-refractivity contribution in [3.05, 3.63) is 50.8 Å². The van der Waals surface area contributed by atoms with Crippen LogP contribution < -0.4 is 20.3 Å². The predicted octanol–water partition coefficient (Wildman–Crippen LogP) is -0.730. The van der Waals surface area contributed by atoms with E-state index in [4.69, 9.17) is 19.2 Å². The molecule has 0 saturated heterocycles. The van der Waals surface area contributed by atoms with Gasteiger partial charge in [0.25, 0.3) is 5.56 Å². The Labute approximate surface area is 212 Å². The Kier molecular flexibility index (Phi) is 4.70.